The van der Waals surface area contributed by atoms with Gasteiger partial charge in [-0.2, -0.15) is 5.10 Å². The Bertz CT molecular complexity index is 548. The molecule has 0 saturated heterocycles. The molecule has 19 heavy (non-hydrogen) atoms. The molecule has 1 aromatic carbocycles. The predicted octanol–water partition coefficient (Wildman–Crippen LogP) is 3.37. The fourth-order valence-electron chi connectivity index (χ4n) is 2.28. The van der Waals surface area contributed by atoms with Gasteiger partial charge < -0.3 is 4.90 Å². The van der Waals surface area contributed by atoms with Gasteiger partial charge in [0.1, 0.15) is 5.82 Å². The molecule has 4 heteroatoms. The smallest absolute Gasteiger partial charge is 0.126 e. The summed E-state index contributed by atoms with van der Waals surface area (Å²) in [7, 11) is 2.08. The SMILES string of the molecule is CCCN(C)Cc1c[nH]nc1-c1cccc(F)c1C. The second kappa shape index (κ2) is 5.97. The first kappa shape index (κ1) is 13.7. The first-order chi connectivity index (χ1) is 9.13. The van der Waals surface area contributed by atoms with E-state index >= 15 is 0 Å². The zero-order valence-corrected chi connectivity index (χ0v) is 11.7. The van der Waals surface area contributed by atoms with Gasteiger partial charge >= 0.3 is 0 Å². The molecule has 1 heterocycles. The lowest BCUT2D eigenvalue weighted by Crippen LogP contribution is -2.18. The second-order valence-electron chi connectivity index (χ2n) is 4.91. The molecule has 1 aromatic heterocycles. The highest BCUT2D eigenvalue weighted by Crippen LogP contribution is 2.26. The normalized spacial score (nSPS) is 11.2. The summed E-state index contributed by atoms with van der Waals surface area (Å²) in [5.74, 6) is -0.187. The van der Waals surface area contributed by atoms with Crippen molar-refractivity contribution >= 4 is 0 Å². The maximum Gasteiger partial charge on any atom is 0.126 e. The Labute approximate surface area is 113 Å². The van der Waals surface area contributed by atoms with Gasteiger partial charge in [-0.25, -0.2) is 4.39 Å². The Morgan fingerprint density at radius 2 is 2.16 bits per heavy atom. The number of hydrogen-bond acceptors (Lipinski definition) is 2. The van der Waals surface area contributed by atoms with Crippen LogP contribution in [0.2, 0.25) is 0 Å². The number of benzene rings is 1. The van der Waals surface area contributed by atoms with Crippen LogP contribution in [0.1, 0.15) is 24.5 Å². The molecule has 2 rings (SSSR count). The lowest BCUT2D eigenvalue weighted by Gasteiger charge is -2.15. The fourth-order valence-corrected chi connectivity index (χ4v) is 2.28. The number of rotatable bonds is 5. The van der Waals surface area contributed by atoms with Crippen molar-refractivity contribution in [1.29, 1.82) is 0 Å². The summed E-state index contributed by atoms with van der Waals surface area (Å²) >= 11 is 0. The van der Waals surface area contributed by atoms with E-state index in [0.29, 0.717) is 5.56 Å². The van der Waals surface area contributed by atoms with Gasteiger partial charge in [-0.05, 0) is 38.6 Å². The highest BCUT2D eigenvalue weighted by molar-refractivity contribution is 5.66. The van der Waals surface area contributed by atoms with Gasteiger partial charge in [0.2, 0.25) is 0 Å². The van der Waals surface area contributed by atoms with Crippen LogP contribution < -0.4 is 0 Å². The molecule has 0 fully saturated rings. The summed E-state index contributed by atoms with van der Waals surface area (Å²) < 4.78 is 13.6. The van der Waals surface area contributed by atoms with Crippen LogP contribution in [0.15, 0.2) is 24.4 Å². The van der Waals surface area contributed by atoms with Gasteiger partial charge in [-0.1, -0.05) is 19.1 Å². The van der Waals surface area contributed by atoms with E-state index in [1.165, 1.54) is 6.07 Å². The third kappa shape index (κ3) is 3.01. The van der Waals surface area contributed by atoms with Crippen molar-refractivity contribution < 1.29 is 4.39 Å². The second-order valence-corrected chi connectivity index (χ2v) is 4.91. The monoisotopic (exact) mass is 261 g/mol. The maximum atomic E-state index is 13.6. The quantitative estimate of drug-likeness (QED) is 0.895. The van der Waals surface area contributed by atoms with E-state index in [1.807, 2.05) is 12.3 Å². The van der Waals surface area contributed by atoms with Crippen molar-refractivity contribution in [2.24, 2.45) is 0 Å². The molecule has 0 amide bonds. The van der Waals surface area contributed by atoms with Crippen LogP contribution in [-0.4, -0.2) is 28.7 Å². The number of nitrogens with zero attached hydrogens (tertiary/aromatic N) is 2. The van der Waals surface area contributed by atoms with Gasteiger partial charge in [0, 0.05) is 23.9 Å². The molecule has 0 unspecified atom stereocenters. The molecule has 0 aliphatic carbocycles. The Hall–Kier alpha value is -1.68. The van der Waals surface area contributed by atoms with Crippen molar-refractivity contribution in [2.45, 2.75) is 26.8 Å². The van der Waals surface area contributed by atoms with Crippen LogP contribution in [0.5, 0.6) is 0 Å². The Balaban J connectivity index is 2.31. The molecule has 0 radical (unpaired) electrons. The number of H-pyrrole nitrogens is 1. The molecule has 102 valence electrons. The van der Waals surface area contributed by atoms with Crippen molar-refractivity contribution in [2.75, 3.05) is 13.6 Å². The van der Waals surface area contributed by atoms with E-state index in [1.54, 1.807) is 13.0 Å². The fraction of sp³-hybridized carbons (Fsp3) is 0.400. The minimum Gasteiger partial charge on any atom is -0.302 e. The number of aromatic amines is 1. The first-order valence-corrected chi connectivity index (χ1v) is 6.60. The van der Waals surface area contributed by atoms with Crippen molar-refractivity contribution in [3.05, 3.63) is 41.3 Å². The molecule has 0 bridgehead atoms. The Kier molecular flexibility index (Phi) is 4.32. The number of halogens is 1. The molecular formula is C15H20FN3. The lowest BCUT2D eigenvalue weighted by molar-refractivity contribution is 0.328. The minimum absolute atomic E-state index is 0.187. The van der Waals surface area contributed by atoms with Crippen LogP contribution in [0, 0.1) is 12.7 Å². The molecular weight excluding hydrogens is 241 g/mol. The van der Waals surface area contributed by atoms with Crippen molar-refractivity contribution in [3.63, 3.8) is 0 Å². The number of hydrogen-bond donors (Lipinski definition) is 1. The standard InChI is InChI=1S/C15H20FN3/c1-4-8-19(3)10-12-9-17-18-15(12)13-6-5-7-14(16)11(13)2/h5-7,9H,4,8,10H2,1-3H3,(H,17,18). The predicted molar refractivity (Wildman–Crippen MR) is 75.3 cm³/mol. The van der Waals surface area contributed by atoms with Crippen LogP contribution in [0.25, 0.3) is 11.3 Å². The van der Waals surface area contributed by atoms with Gasteiger partial charge in [-0.3, -0.25) is 5.10 Å². The summed E-state index contributed by atoms with van der Waals surface area (Å²) in [5, 5.41) is 7.18. The topological polar surface area (TPSA) is 31.9 Å². The average Bonchev–Trinajstić information content (AvgIpc) is 2.81. The molecule has 0 saturated carbocycles. The maximum absolute atomic E-state index is 13.6. The van der Waals surface area contributed by atoms with Crippen molar-refractivity contribution in [3.8, 4) is 11.3 Å². The highest BCUT2D eigenvalue weighted by Gasteiger charge is 2.13. The van der Waals surface area contributed by atoms with Crippen LogP contribution >= 0.6 is 0 Å². The van der Waals surface area contributed by atoms with E-state index in [0.717, 1.165) is 36.3 Å². The zero-order chi connectivity index (χ0) is 13.8. The molecule has 0 atom stereocenters. The van der Waals surface area contributed by atoms with Gasteiger partial charge in [0.15, 0.2) is 0 Å². The molecule has 2 aromatic rings. The van der Waals surface area contributed by atoms with Crippen LogP contribution in [0.4, 0.5) is 4.39 Å². The van der Waals surface area contributed by atoms with E-state index in [4.69, 9.17) is 0 Å². The third-order valence-corrected chi connectivity index (χ3v) is 3.29. The first-order valence-electron chi connectivity index (χ1n) is 6.60. The number of nitrogens with one attached hydrogen (secondary N) is 1. The zero-order valence-electron chi connectivity index (χ0n) is 11.7. The summed E-state index contributed by atoms with van der Waals surface area (Å²) in [6.07, 6.45) is 3.01. The summed E-state index contributed by atoms with van der Waals surface area (Å²) in [6.45, 7) is 5.80. The third-order valence-electron chi connectivity index (χ3n) is 3.29. The molecule has 0 aliphatic rings. The Morgan fingerprint density at radius 3 is 2.89 bits per heavy atom. The lowest BCUT2D eigenvalue weighted by atomic mass is 10.0. The van der Waals surface area contributed by atoms with E-state index in [-0.39, 0.29) is 5.82 Å². The van der Waals surface area contributed by atoms with E-state index in [2.05, 4.69) is 29.1 Å². The highest BCUT2D eigenvalue weighted by atomic mass is 19.1. The Morgan fingerprint density at radius 1 is 1.37 bits per heavy atom. The summed E-state index contributed by atoms with van der Waals surface area (Å²) in [6, 6.07) is 5.12. The summed E-state index contributed by atoms with van der Waals surface area (Å²) in [4.78, 5) is 2.24. The van der Waals surface area contributed by atoms with Gasteiger partial charge in [0.05, 0.1) is 5.69 Å². The van der Waals surface area contributed by atoms with E-state index in [9.17, 15) is 4.39 Å². The van der Waals surface area contributed by atoms with Gasteiger partial charge in [0.25, 0.3) is 0 Å². The van der Waals surface area contributed by atoms with E-state index < -0.39 is 0 Å². The minimum atomic E-state index is -0.187. The molecule has 3 nitrogen and oxygen atoms in total. The summed E-state index contributed by atoms with van der Waals surface area (Å²) in [5.41, 5.74) is 3.46. The molecule has 0 aliphatic heterocycles. The van der Waals surface area contributed by atoms with Crippen molar-refractivity contribution in [1.82, 2.24) is 15.1 Å². The molecule has 0 spiro atoms. The molecule has 1 N–H and O–H groups in total. The number of aromatic nitrogens is 2. The van der Waals surface area contributed by atoms with Gasteiger partial charge in [-0.15, -0.1) is 0 Å². The largest absolute Gasteiger partial charge is 0.302 e. The van der Waals surface area contributed by atoms with Crippen LogP contribution in [0.3, 0.4) is 0 Å². The van der Waals surface area contributed by atoms with Crippen LogP contribution in [-0.2, 0) is 6.54 Å². The average molecular weight is 261 g/mol.